The average molecular weight is 259 g/mol. The number of nitrogens with zero attached hydrogens (tertiary/aromatic N) is 2. The molecule has 0 aromatic carbocycles. The molecule has 0 bridgehead atoms. The van der Waals surface area contributed by atoms with Gasteiger partial charge in [0.2, 0.25) is 5.91 Å². The van der Waals surface area contributed by atoms with Crippen molar-refractivity contribution in [2.75, 3.05) is 32.3 Å². The topological polar surface area (TPSA) is 82.4 Å². The smallest absolute Gasteiger partial charge is 0.258 e. The zero-order valence-electron chi connectivity index (χ0n) is 10.2. The van der Waals surface area contributed by atoms with Gasteiger partial charge in [0, 0.05) is 19.4 Å². The molecule has 0 saturated carbocycles. The first-order valence-corrected chi connectivity index (χ1v) is 6.48. The molecule has 1 N–H and O–H groups in total. The Balaban J connectivity index is 4.56. The van der Waals surface area contributed by atoms with Crippen LogP contribution in [-0.2, 0) is 14.3 Å². The first-order chi connectivity index (χ1) is 8.10. The second kappa shape index (κ2) is 8.84. The third-order valence-corrected chi connectivity index (χ3v) is 2.61. The van der Waals surface area contributed by atoms with Crippen LogP contribution in [0.25, 0.3) is 0 Å². The molecule has 0 saturated heterocycles. The Hall–Kier alpha value is -1.26. The van der Waals surface area contributed by atoms with E-state index in [1.54, 1.807) is 13.1 Å². The SMILES string of the molecule is CCN(C#N)C(=O)C(CSC)NC(=O)COC. The number of ether oxygens (including phenoxy) is 1. The lowest BCUT2D eigenvalue weighted by molar-refractivity contribution is -0.134. The van der Waals surface area contributed by atoms with Gasteiger partial charge in [-0.1, -0.05) is 0 Å². The van der Waals surface area contributed by atoms with Gasteiger partial charge in [0.05, 0.1) is 0 Å². The minimum absolute atomic E-state index is 0.100. The number of carbonyl (C=O) groups is 2. The highest BCUT2D eigenvalue weighted by molar-refractivity contribution is 7.98. The van der Waals surface area contributed by atoms with Gasteiger partial charge in [0.25, 0.3) is 5.91 Å². The van der Waals surface area contributed by atoms with E-state index in [4.69, 9.17) is 5.26 Å². The van der Waals surface area contributed by atoms with Crippen molar-refractivity contribution in [2.24, 2.45) is 0 Å². The van der Waals surface area contributed by atoms with E-state index >= 15 is 0 Å². The van der Waals surface area contributed by atoms with E-state index in [0.29, 0.717) is 12.3 Å². The summed E-state index contributed by atoms with van der Waals surface area (Å²) >= 11 is 1.42. The van der Waals surface area contributed by atoms with Crippen molar-refractivity contribution < 1.29 is 14.3 Å². The predicted octanol–water partition coefficient (Wildman–Crippen LogP) is -0.190. The fraction of sp³-hybridized carbons (Fsp3) is 0.700. The lowest BCUT2D eigenvalue weighted by Crippen LogP contribution is -2.49. The molecular formula is C10H17N3O3S. The van der Waals surface area contributed by atoms with Crippen LogP contribution in [0.4, 0.5) is 0 Å². The fourth-order valence-electron chi connectivity index (χ4n) is 1.17. The number of rotatable bonds is 7. The highest BCUT2D eigenvalue weighted by atomic mass is 32.2. The van der Waals surface area contributed by atoms with Crippen molar-refractivity contribution in [3.05, 3.63) is 0 Å². The summed E-state index contributed by atoms with van der Waals surface area (Å²) in [7, 11) is 1.40. The number of likely N-dealkylation sites (N-methyl/N-ethyl adjacent to an activating group) is 1. The molecule has 1 atom stereocenters. The van der Waals surface area contributed by atoms with Crippen LogP contribution < -0.4 is 5.32 Å². The van der Waals surface area contributed by atoms with E-state index in [0.717, 1.165) is 4.90 Å². The van der Waals surface area contributed by atoms with Crippen molar-refractivity contribution in [3.63, 3.8) is 0 Å². The number of amides is 2. The van der Waals surface area contributed by atoms with E-state index in [2.05, 4.69) is 10.1 Å². The molecule has 96 valence electrons. The van der Waals surface area contributed by atoms with Crippen molar-refractivity contribution in [2.45, 2.75) is 13.0 Å². The second-order valence-electron chi connectivity index (χ2n) is 3.19. The van der Waals surface area contributed by atoms with E-state index in [9.17, 15) is 9.59 Å². The van der Waals surface area contributed by atoms with Crippen LogP contribution in [0, 0.1) is 11.5 Å². The van der Waals surface area contributed by atoms with Gasteiger partial charge >= 0.3 is 0 Å². The molecule has 1 unspecified atom stereocenters. The standard InChI is InChI=1S/C10H17N3O3S/c1-4-13(7-11)10(15)8(6-17-3)12-9(14)5-16-2/h8H,4-6H2,1-3H3,(H,12,14). The average Bonchev–Trinajstić information content (AvgIpc) is 2.30. The van der Waals surface area contributed by atoms with Crippen molar-refractivity contribution in [1.29, 1.82) is 5.26 Å². The molecule has 0 heterocycles. The number of carbonyl (C=O) groups excluding carboxylic acids is 2. The highest BCUT2D eigenvalue weighted by Crippen LogP contribution is 2.02. The molecule has 0 aromatic heterocycles. The zero-order valence-corrected chi connectivity index (χ0v) is 11.0. The minimum atomic E-state index is -0.688. The molecule has 7 heteroatoms. The predicted molar refractivity (Wildman–Crippen MR) is 65.2 cm³/mol. The van der Waals surface area contributed by atoms with Gasteiger partial charge in [0.15, 0.2) is 6.19 Å². The monoisotopic (exact) mass is 259 g/mol. The summed E-state index contributed by atoms with van der Waals surface area (Å²) in [5.74, 6) is -0.338. The molecule has 0 fully saturated rings. The summed E-state index contributed by atoms with van der Waals surface area (Å²) in [6, 6.07) is -0.688. The Bertz CT molecular complexity index is 304. The number of hydrogen-bond donors (Lipinski definition) is 1. The summed E-state index contributed by atoms with van der Waals surface area (Å²) in [6.45, 7) is 1.89. The summed E-state index contributed by atoms with van der Waals surface area (Å²) in [4.78, 5) is 24.2. The summed E-state index contributed by atoms with van der Waals surface area (Å²) in [5, 5.41) is 11.3. The Morgan fingerprint density at radius 3 is 2.65 bits per heavy atom. The maximum absolute atomic E-state index is 11.9. The minimum Gasteiger partial charge on any atom is -0.375 e. The van der Waals surface area contributed by atoms with Gasteiger partial charge < -0.3 is 10.1 Å². The van der Waals surface area contributed by atoms with Crippen molar-refractivity contribution in [3.8, 4) is 6.19 Å². The van der Waals surface area contributed by atoms with Crippen LogP contribution in [0.2, 0.25) is 0 Å². The van der Waals surface area contributed by atoms with Gasteiger partial charge in [-0.25, -0.2) is 4.90 Å². The van der Waals surface area contributed by atoms with Gasteiger partial charge in [-0.05, 0) is 13.2 Å². The number of nitrogens with one attached hydrogen (secondary N) is 1. The molecule has 0 aromatic rings. The maximum atomic E-state index is 11.9. The maximum Gasteiger partial charge on any atom is 0.258 e. The van der Waals surface area contributed by atoms with Crippen LogP contribution in [0.3, 0.4) is 0 Å². The summed E-state index contributed by atoms with van der Waals surface area (Å²) in [5.41, 5.74) is 0. The van der Waals surface area contributed by atoms with Gasteiger partial charge in [-0.3, -0.25) is 9.59 Å². The molecule has 0 rings (SSSR count). The second-order valence-corrected chi connectivity index (χ2v) is 4.10. The number of hydrogen-bond acceptors (Lipinski definition) is 5. The molecule has 0 aliphatic carbocycles. The Labute approximate surface area is 105 Å². The third-order valence-electron chi connectivity index (χ3n) is 1.95. The summed E-state index contributed by atoms with van der Waals surface area (Å²) in [6.07, 6.45) is 3.61. The van der Waals surface area contributed by atoms with Crippen molar-refractivity contribution >= 4 is 23.6 Å². The van der Waals surface area contributed by atoms with Crippen LogP contribution in [0.15, 0.2) is 0 Å². The fourth-order valence-corrected chi connectivity index (χ4v) is 1.73. The van der Waals surface area contributed by atoms with Gasteiger partial charge in [-0.2, -0.15) is 17.0 Å². The van der Waals surface area contributed by atoms with Gasteiger partial charge in [0.1, 0.15) is 12.6 Å². The Kier molecular flexibility index (Phi) is 8.19. The first-order valence-electron chi connectivity index (χ1n) is 5.09. The number of nitriles is 1. The molecule has 0 spiro atoms. The highest BCUT2D eigenvalue weighted by Gasteiger charge is 2.24. The Morgan fingerprint density at radius 1 is 1.59 bits per heavy atom. The van der Waals surface area contributed by atoms with Crippen LogP contribution in [-0.4, -0.2) is 55.0 Å². The lowest BCUT2D eigenvalue weighted by Gasteiger charge is -2.20. The molecule has 0 radical (unpaired) electrons. The normalized spacial score (nSPS) is 11.4. The molecule has 0 aliphatic rings. The van der Waals surface area contributed by atoms with E-state index in [1.807, 2.05) is 6.26 Å². The van der Waals surface area contributed by atoms with Crippen molar-refractivity contribution in [1.82, 2.24) is 10.2 Å². The van der Waals surface area contributed by atoms with E-state index in [-0.39, 0.29) is 12.5 Å². The van der Waals surface area contributed by atoms with Gasteiger partial charge in [-0.15, -0.1) is 0 Å². The van der Waals surface area contributed by atoms with Crippen LogP contribution >= 0.6 is 11.8 Å². The molecule has 17 heavy (non-hydrogen) atoms. The summed E-state index contributed by atoms with van der Waals surface area (Å²) < 4.78 is 4.67. The van der Waals surface area contributed by atoms with Crippen LogP contribution in [0.1, 0.15) is 6.92 Å². The quantitative estimate of drug-likeness (QED) is 0.506. The Morgan fingerprint density at radius 2 is 2.24 bits per heavy atom. The van der Waals surface area contributed by atoms with E-state index < -0.39 is 11.9 Å². The first kappa shape index (κ1) is 15.7. The largest absolute Gasteiger partial charge is 0.375 e. The number of thioether (sulfide) groups is 1. The third kappa shape index (κ3) is 5.56. The molecular weight excluding hydrogens is 242 g/mol. The lowest BCUT2D eigenvalue weighted by atomic mass is 10.3. The molecule has 0 aliphatic heterocycles. The molecule has 6 nitrogen and oxygen atoms in total. The number of methoxy groups -OCH3 is 1. The zero-order chi connectivity index (χ0) is 13.3. The molecule has 2 amide bonds. The van der Waals surface area contributed by atoms with E-state index in [1.165, 1.54) is 18.9 Å². The van der Waals surface area contributed by atoms with Crippen LogP contribution in [0.5, 0.6) is 0 Å².